The summed E-state index contributed by atoms with van der Waals surface area (Å²) in [7, 11) is 0. The van der Waals surface area contributed by atoms with Crippen molar-refractivity contribution in [3.63, 3.8) is 0 Å². The molecular formula is C5H6F3Zr. The molecular weight excluding hydrogens is 208 g/mol. The van der Waals surface area contributed by atoms with Gasteiger partial charge in [0.1, 0.15) is 0 Å². The fourth-order valence-corrected chi connectivity index (χ4v) is 0.393. The first-order chi connectivity index (χ1) is 4.23. The molecule has 0 radical (unpaired) electrons. The molecule has 0 nitrogen and oxygen atoms in total. The van der Waals surface area contributed by atoms with E-state index in [4.69, 9.17) is 0 Å². The molecule has 0 aromatic rings. The molecule has 0 unspecified atom stereocenters. The van der Waals surface area contributed by atoms with Crippen LogP contribution in [0, 0.1) is 0 Å². The van der Waals surface area contributed by atoms with Gasteiger partial charge in [0.05, 0.1) is 0 Å². The van der Waals surface area contributed by atoms with Gasteiger partial charge in [0, 0.05) is 0 Å². The third-order valence-corrected chi connectivity index (χ3v) is 0.655. The van der Waals surface area contributed by atoms with E-state index in [9.17, 15) is 7.88 Å². The van der Waals surface area contributed by atoms with Crippen LogP contribution >= 0.6 is 0 Å². The van der Waals surface area contributed by atoms with Crippen LogP contribution in [0.4, 0.5) is 7.88 Å². The van der Waals surface area contributed by atoms with E-state index in [1.807, 2.05) is 0 Å². The first-order valence-electron chi connectivity index (χ1n) is 2.38. The molecule has 1 aliphatic rings. The summed E-state index contributed by atoms with van der Waals surface area (Å²) in [4.78, 5) is 0. The van der Waals surface area contributed by atoms with Gasteiger partial charge in [0.15, 0.2) is 0 Å². The number of hydrogen-bond acceptors (Lipinski definition) is 0. The minimum atomic E-state index is -5.04. The zero-order valence-electron chi connectivity index (χ0n) is 4.65. The molecule has 0 spiro atoms. The number of rotatable bonds is 0. The van der Waals surface area contributed by atoms with E-state index in [0.29, 0.717) is 0 Å². The van der Waals surface area contributed by atoms with Crippen molar-refractivity contribution in [2.45, 2.75) is 6.42 Å². The molecule has 0 amide bonds. The van der Waals surface area contributed by atoms with Crippen LogP contribution in [0.25, 0.3) is 0 Å². The fraction of sp³-hybridized carbons (Fsp3) is 0.200. The average molecular weight is 214 g/mol. The molecule has 1 rings (SSSR count). The molecule has 0 fully saturated rings. The molecule has 0 saturated carbocycles. The Morgan fingerprint density at radius 3 is 1.44 bits per heavy atom. The Morgan fingerprint density at radius 1 is 1.00 bits per heavy atom. The van der Waals surface area contributed by atoms with Gasteiger partial charge in [-0.1, -0.05) is 24.3 Å². The summed E-state index contributed by atoms with van der Waals surface area (Å²) in [6, 6.07) is 0. The van der Waals surface area contributed by atoms with Crippen molar-refractivity contribution in [2.75, 3.05) is 0 Å². The second kappa shape index (κ2) is 6.28. The van der Waals surface area contributed by atoms with Crippen molar-refractivity contribution in [3.8, 4) is 0 Å². The summed E-state index contributed by atoms with van der Waals surface area (Å²) in [5, 5.41) is 0. The summed E-state index contributed by atoms with van der Waals surface area (Å²) < 4.78 is 29.6. The van der Waals surface area contributed by atoms with Gasteiger partial charge in [-0.15, -0.1) is 0 Å². The van der Waals surface area contributed by atoms with E-state index < -0.39 is 23.6 Å². The van der Waals surface area contributed by atoms with Crippen LogP contribution in [0.1, 0.15) is 6.42 Å². The standard InChI is InChI=1S/C5H6.3FH.Zr/c1-2-4-5-3-1;;;;/h1-4H,5H2;3*1H;/q;;;;+3/p-3. The molecule has 0 saturated heterocycles. The second-order valence-corrected chi connectivity index (χ2v) is 2.36. The Hall–Kier alpha value is 0.153. The maximum absolute atomic E-state index is 9.86. The molecule has 0 aliphatic heterocycles. The summed E-state index contributed by atoms with van der Waals surface area (Å²) in [6.07, 6.45) is 9.50. The SMILES string of the molecule is C1=CCC=C1.[F][Zr]([F])[F]. The fourth-order valence-electron chi connectivity index (χ4n) is 0.393. The molecule has 1 aliphatic carbocycles. The molecule has 0 N–H and O–H groups in total. The molecule has 0 bridgehead atoms. The van der Waals surface area contributed by atoms with Gasteiger partial charge in [-0.05, 0) is 6.42 Å². The molecule has 51 valence electrons. The molecule has 0 aromatic heterocycles. The van der Waals surface area contributed by atoms with Crippen LogP contribution in [0.5, 0.6) is 0 Å². The third kappa shape index (κ3) is 11.6. The predicted molar refractivity (Wildman–Crippen MR) is 26.2 cm³/mol. The summed E-state index contributed by atoms with van der Waals surface area (Å²) >= 11 is -5.04. The average Bonchev–Trinajstić information content (AvgIpc) is 2.11. The van der Waals surface area contributed by atoms with Gasteiger partial charge in [0.25, 0.3) is 0 Å². The Labute approximate surface area is 62.4 Å². The summed E-state index contributed by atoms with van der Waals surface area (Å²) in [5.74, 6) is 0. The van der Waals surface area contributed by atoms with E-state index in [0.717, 1.165) is 6.42 Å². The molecule has 9 heavy (non-hydrogen) atoms. The van der Waals surface area contributed by atoms with E-state index in [1.54, 1.807) is 0 Å². The zero-order chi connectivity index (χ0) is 7.11. The van der Waals surface area contributed by atoms with Gasteiger partial charge < -0.3 is 0 Å². The number of hydrogen-bond donors (Lipinski definition) is 0. The molecule has 4 heteroatoms. The second-order valence-electron chi connectivity index (χ2n) is 1.31. The summed E-state index contributed by atoms with van der Waals surface area (Å²) in [6.45, 7) is 0. The van der Waals surface area contributed by atoms with Crippen molar-refractivity contribution in [3.05, 3.63) is 24.3 Å². The van der Waals surface area contributed by atoms with Crippen LogP contribution in [-0.4, -0.2) is 0 Å². The van der Waals surface area contributed by atoms with Crippen LogP contribution in [-0.2, 0) is 23.6 Å². The van der Waals surface area contributed by atoms with Crippen molar-refractivity contribution in [1.82, 2.24) is 0 Å². The monoisotopic (exact) mass is 213 g/mol. The van der Waals surface area contributed by atoms with Crippen LogP contribution < -0.4 is 0 Å². The van der Waals surface area contributed by atoms with Crippen molar-refractivity contribution in [1.29, 1.82) is 0 Å². The van der Waals surface area contributed by atoms with Gasteiger partial charge in [-0.25, -0.2) is 0 Å². The van der Waals surface area contributed by atoms with Crippen molar-refractivity contribution in [2.24, 2.45) is 0 Å². The summed E-state index contributed by atoms with van der Waals surface area (Å²) in [5.41, 5.74) is 0. The normalized spacial score (nSPS) is 12.8. The predicted octanol–water partition coefficient (Wildman–Crippen LogP) is 2.76. The van der Waals surface area contributed by atoms with E-state index in [2.05, 4.69) is 24.3 Å². The Kier molecular flexibility index (Phi) is 6.38. The Morgan fingerprint density at radius 2 is 1.33 bits per heavy atom. The number of halogens is 3. The van der Waals surface area contributed by atoms with E-state index >= 15 is 0 Å². The van der Waals surface area contributed by atoms with Gasteiger partial charge in [-0.3, -0.25) is 0 Å². The van der Waals surface area contributed by atoms with Crippen molar-refractivity contribution >= 4 is 0 Å². The number of allylic oxidation sites excluding steroid dienone is 4. The van der Waals surface area contributed by atoms with Crippen molar-refractivity contribution < 1.29 is 31.5 Å². The van der Waals surface area contributed by atoms with Crippen LogP contribution in [0.2, 0.25) is 0 Å². The molecule has 0 atom stereocenters. The topological polar surface area (TPSA) is 0 Å². The van der Waals surface area contributed by atoms with Gasteiger partial charge >= 0.3 is 31.5 Å². The Bertz CT molecular complexity index is 96.0. The van der Waals surface area contributed by atoms with Gasteiger partial charge in [0.2, 0.25) is 0 Å². The third-order valence-electron chi connectivity index (χ3n) is 0.655. The minimum absolute atomic E-state index is 1.14. The van der Waals surface area contributed by atoms with E-state index in [1.165, 1.54) is 0 Å². The molecule has 0 aromatic carbocycles. The van der Waals surface area contributed by atoms with Crippen LogP contribution in [0.3, 0.4) is 0 Å². The zero-order valence-corrected chi connectivity index (χ0v) is 7.11. The van der Waals surface area contributed by atoms with Crippen LogP contribution in [0.15, 0.2) is 24.3 Å². The molecule has 0 heterocycles. The Balaban J connectivity index is 0.000000148. The maximum atomic E-state index is 9.86. The first-order valence-corrected chi connectivity index (χ1v) is 5.17. The van der Waals surface area contributed by atoms with E-state index in [-0.39, 0.29) is 0 Å². The van der Waals surface area contributed by atoms with Gasteiger partial charge in [-0.2, -0.15) is 0 Å². The quantitative estimate of drug-likeness (QED) is 0.581. The first kappa shape index (κ1) is 9.15.